The molecule has 1 aromatic rings. The van der Waals surface area contributed by atoms with Gasteiger partial charge in [-0.25, -0.2) is 9.59 Å². The van der Waals surface area contributed by atoms with Gasteiger partial charge in [-0.15, -0.1) is 11.3 Å². The maximum absolute atomic E-state index is 11.8. The maximum Gasteiger partial charge on any atom is 0.407 e. The lowest BCUT2D eigenvalue weighted by Gasteiger charge is -2.19. The Morgan fingerprint density at radius 2 is 1.73 bits per heavy atom. The first-order valence-electron chi connectivity index (χ1n) is 7.47. The topological polar surface area (TPSA) is 103 Å². The van der Waals surface area contributed by atoms with E-state index in [1.165, 1.54) is 7.11 Å². The van der Waals surface area contributed by atoms with Crippen LogP contribution in [0.25, 0.3) is 0 Å². The molecular formula is C15H20Br2N2O6S. The highest BCUT2D eigenvalue weighted by molar-refractivity contribution is 9.13. The summed E-state index contributed by atoms with van der Waals surface area (Å²) in [6.45, 7) is 5.40. The molecule has 0 aliphatic carbocycles. The molecule has 0 aliphatic rings. The first-order valence-corrected chi connectivity index (χ1v) is 9.88. The Morgan fingerprint density at radius 1 is 1.12 bits per heavy atom. The van der Waals surface area contributed by atoms with E-state index < -0.39 is 23.6 Å². The van der Waals surface area contributed by atoms with Crippen LogP contribution in [-0.4, -0.2) is 50.4 Å². The van der Waals surface area contributed by atoms with Crippen molar-refractivity contribution in [2.75, 3.05) is 26.8 Å². The number of hydrogen-bond donors (Lipinski definition) is 2. The second-order valence-electron chi connectivity index (χ2n) is 5.91. The van der Waals surface area contributed by atoms with E-state index in [1.54, 1.807) is 20.8 Å². The van der Waals surface area contributed by atoms with E-state index in [0.29, 0.717) is 8.26 Å². The van der Waals surface area contributed by atoms with E-state index in [0.717, 1.165) is 11.3 Å². The summed E-state index contributed by atoms with van der Waals surface area (Å²) in [6, 6.07) is 0. The van der Waals surface area contributed by atoms with Crippen molar-refractivity contribution in [1.29, 1.82) is 0 Å². The molecule has 1 heterocycles. The minimum atomic E-state index is -0.583. The fourth-order valence-electron chi connectivity index (χ4n) is 1.60. The van der Waals surface area contributed by atoms with Gasteiger partial charge in [0.25, 0.3) is 5.91 Å². The largest absolute Gasteiger partial charge is 0.481 e. The van der Waals surface area contributed by atoms with Crippen molar-refractivity contribution in [2.24, 2.45) is 0 Å². The normalized spacial score (nSPS) is 10.8. The van der Waals surface area contributed by atoms with Gasteiger partial charge in [0.05, 0.1) is 15.4 Å². The van der Waals surface area contributed by atoms with Crippen molar-refractivity contribution in [1.82, 2.24) is 10.6 Å². The molecule has 8 nitrogen and oxygen atoms in total. The Hall–Kier alpha value is -1.33. The van der Waals surface area contributed by atoms with Gasteiger partial charge < -0.3 is 24.8 Å². The highest BCUT2D eigenvalue weighted by Gasteiger charge is 2.23. The summed E-state index contributed by atoms with van der Waals surface area (Å²) in [7, 11) is 1.26. The third kappa shape index (κ3) is 7.50. The van der Waals surface area contributed by atoms with Crippen LogP contribution in [0.2, 0.25) is 0 Å². The Labute approximate surface area is 172 Å². The molecule has 0 bridgehead atoms. The number of halogens is 2. The number of ether oxygens (including phenoxy) is 3. The predicted octanol–water partition coefficient (Wildman–Crippen LogP) is 3.08. The minimum Gasteiger partial charge on any atom is -0.481 e. The fourth-order valence-corrected chi connectivity index (χ4v) is 3.73. The second-order valence-corrected chi connectivity index (χ2v) is 9.04. The SMILES string of the molecule is COC(=O)c1sc(Br)c(Br)c1OCC(=O)NCCNC(=O)OC(C)(C)C. The van der Waals surface area contributed by atoms with Crippen LogP contribution in [0.4, 0.5) is 4.79 Å². The third-order valence-corrected chi connectivity index (χ3v) is 5.98. The Kier molecular flexibility index (Phi) is 8.84. The van der Waals surface area contributed by atoms with Gasteiger partial charge in [0.1, 0.15) is 5.60 Å². The molecule has 146 valence electrons. The zero-order chi connectivity index (χ0) is 19.9. The van der Waals surface area contributed by atoms with Crippen LogP contribution in [0.1, 0.15) is 30.4 Å². The molecule has 26 heavy (non-hydrogen) atoms. The van der Waals surface area contributed by atoms with Crippen LogP contribution in [-0.2, 0) is 14.3 Å². The lowest BCUT2D eigenvalue weighted by Crippen LogP contribution is -2.39. The molecule has 0 aromatic carbocycles. The minimum absolute atomic E-state index is 0.208. The summed E-state index contributed by atoms with van der Waals surface area (Å²) < 4.78 is 16.4. The van der Waals surface area contributed by atoms with E-state index in [1.807, 2.05) is 0 Å². The van der Waals surface area contributed by atoms with E-state index in [2.05, 4.69) is 47.2 Å². The average molecular weight is 516 g/mol. The van der Waals surface area contributed by atoms with Gasteiger partial charge in [0, 0.05) is 13.1 Å². The van der Waals surface area contributed by atoms with Crippen LogP contribution >= 0.6 is 43.2 Å². The summed E-state index contributed by atoms with van der Waals surface area (Å²) >= 11 is 7.71. The molecule has 0 atom stereocenters. The number of alkyl carbamates (subject to hydrolysis) is 1. The number of amides is 2. The Bertz CT molecular complexity index is 672. The molecule has 11 heteroatoms. The predicted molar refractivity (Wildman–Crippen MR) is 104 cm³/mol. The number of methoxy groups -OCH3 is 1. The fraction of sp³-hybridized carbons (Fsp3) is 0.533. The lowest BCUT2D eigenvalue weighted by atomic mass is 10.2. The first kappa shape index (κ1) is 22.7. The highest BCUT2D eigenvalue weighted by Crippen LogP contribution is 2.43. The number of hydrogen-bond acceptors (Lipinski definition) is 7. The van der Waals surface area contributed by atoms with E-state index >= 15 is 0 Å². The van der Waals surface area contributed by atoms with Gasteiger partial charge in [0.15, 0.2) is 17.2 Å². The molecule has 0 radical (unpaired) electrons. The number of carbonyl (C=O) groups excluding carboxylic acids is 3. The quantitative estimate of drug-likeness (QED) is 0.427. The molecule has 0 unspecified atom stereocenters. The Morgan fingerprint density at radius 3 is 2.31 bits per heavy atom. The van der Waals surface area contributed by atoms with E-state index in [4.69, 9.17) is 9.47 Å². The standard InChI is InChI=1S/C15H20Br2N2O6S/c1-15(2,3)25-14(22)19-6-5-18-8(20)7-24-10-9(16)12(17)26-11(10)13(21)23-4/h5-7H2,1-4H3,(H,18,20)(H,19,22). The molecule has 0 saturated heterocycles. The van der Waals surface area contributed by atoms with E-state index in [9.17, 15) is 14.4 Å². The molecule has 2 N–H and O–H groups in total. The molecule has 0 aliphatic heterocycles. The molecule has 0 spiro atoms. The second kappa shape index (κ2) is 10.1. The van der Waals surface area contributed by atoms with Gasteiger partial charge in [-0.2, -0.15) is 0 Å². The smallest absolute Gasteiger partial charge is 0.407 e. The molecule has 0 saturated carbocycles. The number of thiophene rings is 1. The molecule has 2 amide bonds. The summed E-state index contributed by atoms with van der Waals surface area (Å²) in [6.07, 6.45) is -0.558. The van der Waals surface area contributed by atoms with Gasteiger partial charge in [-0.05, 0) is 52.6 Å². The molecule has 0 fully saturated rings. The molecule has 1 rings (SSSR count). The zero-order valence-corrected chi connectivity index (χ0v) is 18.7. The summed E-state index contributed by atoms with van der Waals surface area (Å²) in [5.41, 5.74) is -0.583. The number of esters is 1. The average Bonchev–Trinajstić information content (AvgIpc) is 2.82. The van der Waals surface area contributed by atoms with Gasteiger partial charge in [-0.3, -0.25) is 4.79 Å². The van der Waals surface area contributed by atoms with Crippen molar-refractivity contribution < 1.29 is 28.6 Å². The van der Waals surface area contributed by atoms with Crippen LogP contribution in [0.3, 0.4) is 0 Å². The van der Waals surface area contributed by atoms with Crippen LogP contribution in [0, 0.1) is 0 Å². The zero-order valence-electron chi connectivity index (χ0n) is 14.7. The van der Waals surface area contributed by atoms with Crippen LogP contribution in [0.15, 0.2) is 8.26 Å². The summed E-state index contributed by atoms with van der Waals surface area (Å²) in [4.78, 5) is 35.3. The first-order chi connectivity index (χ1) is 12.0. The highest BCUT2D eigenvalue weighted by atomic mass is 79.9. The van der Waals surface area contributed by atoms with Gasteiger partial charge >= 0.3 is 12.1 Å². The van der Waals surface area contributed by atoms with Crippen molar-refractivity contribution in [3.63, 3.8) is 0 Å². The summed E-state index contributed by atoms with van der Waals surface area (Å²) in [5.74, 6) is -0.727. The van der Waals surface area contributed by atoms with Crippen molar-refractivity contribution >= 4 is 61.2 Å². The molecular weight excluding hydrogens is 496 g/mol. The van der Waals surface area contributed by atoms with Gasteiger partial charge in [0.2, 0.25) is 0 Å². The Balaban J connectivity index is 2.42. The van der Waals surface area contributed by atoms with Crippen molar-refractivity contribution in [2.45, 2.75) is 26.4 Å². The monoisotopic (exact) mass is 514 g/mol. The number of rotatable bonds is 7. The van der Waals surface area contributed by atoms with Crippen molar-refractivity contribution in [3.8, 4) is 5.75 Å². The van der Waals surface area contributed by atoms with Gasteiger partial charge in [-0.1, -0.05) is 0 Å². The maximum atomic E-state index is 11.8. The number of nitrogens with one attached hydrogen (secondary N) is 2. The van der Waals surface area contributed by atoms with Crippen LogP contribution < -0.4 is 15.4 Å². The van der Waals surface area contributed by atoms with Crippen LogP contribution in [0.5, 0.6) is 5.75 Å². The van der Waals surface area contributed by atoms with Crippen molar-refractivity contribution in [3.05, 3.63) is 13.1 Å². The van der Waals surface area contributed by atoms with E-state index in [-0.39, 0.29) is 30.3 Å². The summed E-state index contributed by atoms with van der Waals surface area (Å²) in [5, 5.41) is 5.11. The molecule has 1 aromatic heterocycles. The third-order valence-electron chi connectivity index (χ3n) is 2.60. The number of carbonyl (C=O) groups is 3. The lowest BCUT2D eigenvalue weighted by molar-refractivity contribution is -0.123.